The zero-order valence-electron chi connectivity index (χ0n) is 23.8. The van der Waals surface area contributed by atoms with Crippen LogP contribution in [-0.4, -0.2) is 98.7 Å². The molecule has 2 N–H and O–H groups in total. The number of hydrogen-bond donors (Lipinski definition) is 2. The molecule has 1 amide bonds. The van der Waals surface area contributed by atoms with E-state index in [1.807, 2.05) is 6.07 Å². The maximum Gasteiger partial charge on any atom is 0.269 e. The molecular formula is C27H38N4O9S2. The molecule has 1 fully saturated rings. The normalized spacial score (nSPS) is 17.5. The molecule has 1 heterocycles. The molecule has 0 bridgehead atoms. The summed E-state index contributed by atoms with van der Waals surface area (Å²) in [6.45, 7) is 3.32. The number of hydrogen-bond acceptors (Lipinski definition) is 9. The van der Waals surface area contributed by atoms with Gasteiger partial charge in [0.15, 0.2) is 0 Å². The van der Waals surface area contributed by atoms with Crippen LogP contribution in [0.1, 0.15) is 25.8 Å². The first-order chi connectivity index (χ1) is 19.7. The number of nitro benzene ring substituents is 1. The Balaban J connectivity index is 1.86. The number of carbonyl (C=O) groups is 1. The molecule has 0 aliphatic carbocycles. The van der Waals surface area contributed by atoms with E-state index in [-0.39, 0.29) is 42.6 Å². The van der Waals surface area contributed by atoms with E-state index in [4.69, 9.17) is 4.74 Å². The Bertz CT molecular complexity index is 1410. The van der Waals surface area contributed by atoms with Crippen molar-refractivity contribution < 1.29 is 36.4 Å². The van der Waals surface area contributed by atoms with Crippen LogP contribution in [0.15, 0.2) is 59.5 Å². The summed E-state index contributed by atoms with van der Waals surface area (Å²) in [5, 5.41) is 25.1. The summed E-state index contributed by atoms with van der Waals surface area (Å²) in [6, 6.07) is 12.0. The fraction of sp³-hybridized carbons (Fsp3) is 0.519. The van der Waals surface area contributed by atoms with E-state index in [2.05, 4.69) is 5.32 Å². The van der Waals surface area contributed by atoms with E-state index in [0.29, 0.717) is 13.0 Å². The summed E-state index contributed by atoms with van der Waals surface area (Å²) < 4.78 is 59.5. The summed E-state index contributed by atoms with van der Waals surface area (Å²) in [6.07, 6.45) is 0.219. The SMILES string of the molecule is CC(C)CN(C[C@@H](O)[C@H](Cc1ccccc1)NC(=O)CN([C@H]1CCOC1)S(C)(=O)=O)S(=O)(=O)c1ccc([N+](=O)[O-])cc1. The number of ether oxygens (including phenoxy) is 1. The molecule has 232 valence electrons. The van der Waals surface area contributed by atoms with Crippen LogP contribution in [0.2, 0.25) is 0 Å². The second kappa shape index (κ2) is 14.5. The highest BCUT2D eigenvalue weighted by Gasteiger charge is 2.34. The Morgan fingerprint density at radius 1 is 1.10 bits per heavy atom. The Hall–Kier alpha value is -2.95. The smallest absolute Gasteiger partial charge is 0.269 e. The van der Waals surface area contributed by atoms with Crippen molar-refractivity contribution in [3.8, 4) is 0 Å². The van der Waals surface area contributed by atoms with Gasteiger partial charge in [-0.15, -0.1) is 0 Å². The van der Waals surface area contributed by atoms with Gasteiger partial charge in [0.1, 0.15) is 0 Å². The lowest BCUT2D eigenvalue weighted by atomic mass is 10.0. The Morgan fingerprint density at radius 2 is 1.74 bits per heavy atom. The standard InChI is InChI=1S/C27H38N4O9S2/c1-20(2)16-29(42(38,39)24-11-9-22(10-12-24)31(34)35)17-26(32)25(15-21-7-5-4-6-8-21)28-27(33)18-30(41(3,36)37)23-13-14-40-19-23/h4-12,20,23,25-26,32H,13-19H2,1-3H3,(H,28,33)/t23-,25-,26+/m0/s1. The average molecular weight is 627 g/mol. The van der Waals surface area contributed by atoms with Gasteiger partial charge in [-0.1, -0.05) is 44.2 Å². The van der Waals surface area contributed by atoms with Crippen LogP contribution < -0.4 is 5.32 Å². The molecular weight excluding hydrogens is 588 g/mol. The van der Waals surface area contributed by atoms with Crippen LogP contribution in [0.3, 0.4) is 0 Å². The predicted octanol–water partition coefficient (Wildman–Crippen LogP) is 1.38. The first kappa shape index (κ1) is 33.6. The molecule has 2 aromatic rings. The van der Waals surface area contributed by atoms with Crippen molar-refractivity contribution in [1.82, 2.24) is 13.9 Å². The molecule has 3 atom stereocenters. The highest BCUT2D eigenvalue weighted by molar-refractivity contribution is 7.89. The molecule has 1 aliphatic rings. The van der Waals surface area contributed by atoms with E-state index in [1.165, 1.54) is 0 Å². The Labute approximate surface area is 246 Å². The monoisotopic (exact) mass is 626 g/mol. The van der Waals surface area contributed by atoms with Crippen LogP contribution in [0.5, 0.6) is 0 Å². The molecule has 0 saturated carbocycles. The van der Waals surface area contributed by atoms with Crippen molar-refractivity contribution in [2.45, 2.75) is 49.8 Å². The van der Waals surface area contributed by atoms with Crippen LogP contribution in [0.25, 0.3) is 0 Å². The van der Waals surface area contributed by atoms with Crippen molar-refractivity contribution in [3.05, 3.63) is 70.3 Å². The number of non-ortho nitro benzene ring substituents is 1. The summed E-state index contributed by atoms with van der Waals surface area (Å²) in [5.74, 6) is -0.787. The first-order valence-corrected chi connectivity index (χ1v) is 16.8. The first-order valence-electron chi connectivity index (χ1n) is 13.5. The number of nitrogens with one attached hydrogen (secondary N) is 1. The number of sulfonamides is 2. The number of nitrogens with zero attached hydrogens (tertiary/aromatic N) is 3. The molecule has 1 saturated heterocycles. The molecule has 15 heteroatoms. The predicted molar refractivity (Wildman–Crippen MR) is 156 cm³/mol. The third-order valence-electron chi connectivity index (χ3n) is 6.79. The largest absolute Gasteiger partial charge is 0.390 e. The van der Waals surface area contributed by atoms with Crippen LogP contribution in [0, 0.1) is 16.0 Å². The molecule has 1 aliphatic heterocycles. The van der Waals surface area contributed by atoms with Gasteiger partial charge >= 0.3 is 0 Å². The highest BCUT2D eigenvalue weighted by Crippen LogP contribution is 2.22. The zero-order valence-corrected chi connectivity index (χ0v) is 25.5. The number of rotatable bonds is 15. The van der Waals surface area contributed by atoms with E-state index in [9.17, 15) is 36.9 Å². The van der Waals surface area contributed by atoms with E-state index < -0.39 is 55.6 Å². The van der Waals surface area contributed by atoms with Crippen molar-refractivity contribution in [1.29, 1.82) is 0 Å². The Kier molecular flexibility index (Phi) is 11.6. The van der Waals surface area contributed by atoms with Gasteiger partial charge in [0.25, 0.3) is 5.69 Å². The van der Waals surface area contributed by atoms with E-state index in [1.54, 1.807) is 38.1 Å². The molecule has 42 heavy (non-hydrogen) atoms. The molecule has 2 aromatic carbocycles. The summed E-state index contributed by atoms with van der Waals surface area (Å²) in [7, 11) is -7.93. The second-order valence-electron chi connectivity index (χ2n) is 10.7. The van der Waals surface area contributed by atoms with Gasteiger partial charge in [0, 0.05) is 31.8 Å². The molecule has 0 unspecified atom stereocenters. The van der Waals surface area contributed by atoms with Gasteiger partial charge in [0.05, 0.1) is 47.4 Å². The number of aliphatic hydroxyl groups is 1. The lowest BCUT2D eigenvalue weighted by Crippen LogP contribution is -2.54. The van der Waals surface area contributed by atoms with E-state index in [0.717, 1.165) is 44.7 Å². The molecule has 0 spiro atoms. The number of amides is 1. The maximum absolute atomic E-state index is 13.6. The minimum absolute atomic E-state index is 0.0337. The number of carbonyl (C=O) groups excluding carboxylic acids is 1. The second-order valence-corrected chi connectivity index (χ2v) is 14.6. The summed E-state index contributed by atoms with van der Waals surface area (Å²) in [5.41, 5.74) is 0.502. The highest BCUT2D eigenvalue weighted by atomic mass is 32.2. The average Bonchev–Trinajstić information content (AvgIpc) is 3.45. The molecule has 13 nitrogen and oxygen atoms in total. The van der Waals surface area contributed by atoms with Crippen LogP contribution in [0.4, 0.5) is 5.69 Å². The number of nitro groups is 1. The van der Waals surface area contributed by atoms with Gasteiger partial charge in [0.2, 0.25) is 26.0 Å². The maximum atomic E-state index is 13.6. The summed E-state index contributed by atoms with van der Waals surface area (Å²) in [4.78, 5) is 23.4. The minimum atomic E-state index is -4.18. The lowest BCUT2D eigenvalue weighted by molar-refractivity contribution is -0.384. The van der Waals surface area contributed by atoms with Gasteiger partial charge in [-0.3, -0.25) is 14.9 Å². The van der Waals surface area contributed by atoms with Crippen molar-refractivity contribution in [3.63, 3.8) is 0 Å². The molecule has 0 aromatic heterocycles. The van der Waals surface area contributed by atoms with Gasteiger partial charge < -0.3 is 15.2 Å². The Morgan fingerprint density at radius 3 is 2.26 bits per heavy atom. The van der Waals surface area contributed by atoms with Crippen LogP contribution in [-0.2, 0) is 36.0 Å². The van der Waals surface area contributed by atoms with Crippen LogP contribution >= 0.6 is 0 Å². The summed E-state index contributed by atoms with van der Waals surface area (Å²) >= 11 is 0. The third-order valence-corrected chi connectivity index (χ3v) is 9.92. The van der Waals surface area contributed by atoms with Crippen molar-refractivity contribution >= 4 is 31.6 Å². The zero-order chi connectivity index (χ0) is 31.1. The number of aliphatic hydroxyl groups excluding tert-OH is 1. The van der Waals surface area contributed by atoms with Gasteiger partial charge in [-0.2, -0.15) is 8.61 Å². The lowest BCUT2D eigenvalue weighted by Gasteiger charge is -2.31. The topological polar surface area (TPSA) is 176 Å². The van der Waals surface area contributed by atoms with Crippen molar-refractivity contribution in [2.75, 3.05) is 39.1 Å². The molecule has 0 radical (unpaired) electrons. The third kappa shape index (κ3) is 9.28. The van der Waals surface area contributed by atoms with Crippen molar-refractivity contribution in [2.24, 2.45) is 5.92 Å². The van der Waals surface area contributed by atoms with Gasteiger partial charge in [-0.25, -0.2) is 16.8 Å². The number of benzene rings is 2. The van der Waals surface area contributed by atoms with E-state index >= 15 is 0 Å². The molecule has 3 rings (SSSR count). The fourth-order valence-corrected chi connectivity index (χ4v) is 7.40. The quantitative estimate of drug-likeness (QED) is 0.218. The minimum Gasteiger partial charge on any atom is -0.390 e. The van der Waals surface area contributed by atoms with Gasteiger partial charge in [-0.05, 0) is 36.5 Å². The fourth-order valence-electron chi connectivity index (χ4n) is 4.71.